The highest BCUT2D eigenvalue weighted by atomic mass is 16.6. The van der Waals surface area contributed by atoms with Crippen molar-refractivity contribution in [2.24, 2.45) is 15.9 Å². The van der Waals surface area contributed by atoms with Gasteiger partial charge in [-0.25, -0.2) is 0 Å². The van der Waals surface area contributed by atoms with Crippen molar-refractivity contribution in [3.63, 3.8) is 0 Å². The quantitative estimate of drug-likeness (QED) is 0.333. The second-order valence-electron chi connectivity index (χ2n) is 5.07. The van der Waals surface area contributed by atoms with Gasteiger partial charge in [-0.05, 0) is 18.2 Å². The standard InChI is InChI=1S/C18H14N4O3/c19-18(13-6-2-1-3-7-13)21-20-12-14-10-11-17(25-14)15-8-4-5-9-16(15)22(23)24/h1-12H,(H2,19,21)/b20-12+. The van der Waals surface area contributed by atoms with Crippen molar-refractivity contribution in [3.05, 3.63) is 88.2 Å². The number of benzene rings is 2. The van der Waals surface area contributed by atoms with Crippen LogP contribution in [0.5, 0.6) is 0 Å². The Bertz CT molecular complexity index is 946. The average Bonchev–Trinajstić information content (AvgIpc) is 3.11. The third-order valence-electron chi connectivity index (χ3n) is 3.41. The number of nitro groups is 1. The predicted molar refractivity (Wildman–Crippen MR) is 95.6 cm³/mol. The van der Waals surface area contributed by atoms with E-state index in [0.717, 1.165) is 5.56 Å². The third-order valence-corrected chi connectivity index (χ3v) is 3.41. The van der Waals surface area contributed by atoms with Crippen LogP contribution in [0.2, 0.25) is 0 Å². The van der Waals surface area contributed by atoms with E-state index in [1.165, 1.54) is 12.3 Å². The maximum atomic E-state index is 11.1. The molecule has 0 amide bonds. The summed E-state index contributed by atoms with van der Waals surface area (Å²) in [5, 5.41) is 18.9. The normalized spacial score (nSPS) is 11.8. The Labute approximate surface area is 143 Å². The molecule has 0 bridgehead atoms. The molecule has 1 aromatic heterocycles. The van der Waals surface area contributed by atoms with E-state index in [-0.39, 0.29) is 11.5 Å². The summed E-state index contributed by atoms with van der Waals surface area (Å²) in [4.78, 5) is 10.6. The van der Waals surface area contributed by atoms with Crippen LogP contribution in [0.3, 0.4) is 0 Å². The number of amidine groups is 1. The molecule has 7 heteroatoms. The number of hydrogen-bond acceptors (Lipinski definition) is 5. The van der Waals surface area contributed by atoms with Gasteiger partial charge >= 0.3 is 0 Å². The zero-order chi connectivity index (χ0) is 17.6. The predicted octanol–water partition coefficient (Wildman–Crippen LogP) is 3.59. The summed E-state index contributed by atoms with van der Waals surface area (Å²) >= 11 is 0. The second kappa shape index (κ2) is 7.22. The highest BCUT2D eigenvalue weighted by molar-refractivity contribution is 5.97. The third kappa shape index (κ3) is 3.78. The molecule has 0 atom stereocenters. The van der Waals surface area contributed by atoms with Gasteiger partial charge in [0.05, 0.1) is 16.7 Å². The maximum absolute atomic E-state index is 11.1. The molecule has 7 nitrogen and oxygen atoms in total. The molecule has 0 unspecified atom stereocenters. The van der Waals surface area contributed by atoms with E-state index in [1.807, 2.05) is 30.3 Å². The SMILES string of the molecule is N/C(=N\N=C\c1ccc(-c2ccccc2[N+](=O)[O-])o1)c1ccccc1. The number of rotatable bonds is 5. The van der Waals surface area contributed by atoms with Crippen molar-refractivity contribution in [2.45, 2.75) is 0 Å². The van der Waals surface area contributed by atoms with E-state index in [0.29, 0.717) is 17.1 Å². The molecule has 0 aliphatic carbocycles. The monoisotopic (exact) mass is 334 g/mol. The lowest BCUT2D eigenvalue weighted by molar-refractivity contribution is -0.384. The van der Waals surface area contributed by atoms with Gasteiger partial charge < -0.3 is 10.2 Å². The van der Waals surface area contributed by atoms with Crippen LogP contribution in [0, 0.1) is 10.1 Å². The minimum absolute atomic E-state index is 0.0216. The van der Waals surface area contributed by atoms with Gasteiger partial charge in [-0.3, -0.25) is 10.1 Å². The minimum Gasteiger partial charge on any atom is -0.455 e. The molecule has 0 aliphatic rings. The number of nitrogens with two attached hydrogens (primary N) is 1. The Kier molecular flexibility index (Phi) is 4.66. The molecule has 0 spiro atoms. The van der Waals surface area contributed by atoms with Crippen molar-refractivity contribution in [1.82, 2.24) is 0 Å². The van der Waals surface area contributed by atoms with Crippen LogP contribution in [-0.2, 0) is 0 Å². The van der Waals surface area contributed by atoms with Crippen molar-refractivity contribution < 1.29 is 9.34 Å². The van der Waals surface area contributed by atoms with Crippen LogP contribution in [-0.4, -0.2) is 17.0 Å². The van der Waals surface area contributed by atoms with Gasteiger partial charge in [0.1, 0.15) is 11.5 Å². The van der Waals surface area contributed by atoms with Gasteiger partial charge in [-0.15, -0.1) is 5.10 Å². The fraction of sp³-hybridized carbons (Fsp3) is 0. The molecule has 3 rings (SSSR count). The maximum Gasteiger partial charge on any atom is 0.280 e. The van der Waals surface area contributed by atoms with E-state index in [2.05, 4.69) is 10.2 Å². The highest BCUT2D eigenvalue weighted by Gasteiger charge is 2.16. The molecule has 0 aliphatic heterocycles. The molecule has 2 aromatic carbocycles. The van der Waals surface area contributed by atoms with E-state index < -0.39 is 4.92 Å². The van der Waals surface area contributed by atoms with Gasteiger partial charge in [0, 0.05) is 11.6 Å². The van der Waals surface area contributed by atoms with Crippen molar-refractivity contribution in [3.8, 4) is 11.3 Å². The highest BCUT2D eigenvalue weighted by Crippen LogP contribution is 2.30. The number of furan rings is 1. The van der Waals surface area contributed by atoms with Crippen LogP contribution in [0.15, 0.2) is 81.4 Å². The zero-order valence-corrected chi connectivity index (χ0v) is 13.1. The molecule has 3 aromatic rings. The Morgan fingerprint density at radius 1 is 1.04 bits per heavy atom. The first-order valence-corrected chi connectivity index (χ1v) is 7.40. The van der Waals surface area contributed by atoms with E-state index in [1.54, 1.807) is 30.3 Å². The molecule has 0 fully saturated rings. The van der Waals surface area contributed by atoms with Crippen molar-refractivity contribution >= 4 is 17.7 Å². The van der Waals surface area contributed by atoms with Crippen LogP contribution in [0.4, 0.5) is 5.69 Å². The van der Waals surface area contributed by atoms with Crippen LogP contribution < -0.4 is 5.73 Å². The van der Waals surface area contributed by atoms with Gasteiger partial charge in [-0.1, -0.05) is 42.5 Å². The average molecular weight is 334 g/mol. The summed E-state index contributed by atoms with van der Waals surface area (Å²) in [6, 6.07) is 18.9. The largest absolute Gasteiger partial charge is 0.455 e. The summed E-state index contributed by atoms with van der Waals surface area (Å²) in [6.07, 6.45) is 1.40. The summed E-state index contributed by atoms with van der Waals surface area (Å²) in [7, 11) is 0. The molecule has 0 radical (unpaired) electrons. The van der Waals surface area contributed by atoms with E-state index in [4.69, 9.17) is 10.2 Å². The lowest BCUT2D eigenvalue weighted by Crippen LogP contribution is -2.12. The lowest BCUT2D eigenvalue weighted by atomic mass is 10.1. The minimum atomic E-state index is -0.448. The fourth-order valence-corrected chi connectivity index (χ4v) is 2.22. The zero-order valence-electron chi connectivity index (χ0n) is 13.1. The van der Waals surface area contributed by atoms with Gasteiger partial charge in [-0.2, -0.15) is 5.10 Å². The smallest absolute Gasteiger partial charge is 0.280 e. The van der Waals surface area contributed by atoms with Gasteiger partial charge in [0.15, 0.2) is 5.84 Å². The lowest BCUT2D eigenvalue weighted by Gasteiger charge is -1.98. The molecule has 1 heterocycles. The molecule has 25 heavy (non-hydrogen) atoms. The summed E-state index contributed by atoms with van der Waals surface area (Å²) in [6.45, 7) is 0. The Hall–Kier alpha value is -3.74. The molecule has 2 N–H and O–H groups in total. The van der Waals surface area contributed by atoms with Crippen LogP contribution in [0.1, 0.15) is 11.3 Å². The van der Waals surface area contributed by atoms with Crippen molar-refractivity contribution in [2.75, 3.05) is 0 Å². The van der Waals surface area contributed by atoms with Crippen LogP contribution in [0.25, 0.3) is 11.3 Å². The van der Waals surface area contributed by atoms with Gasteiger partial charge in [0.2, 0.25) is 0 Å². The first kappa shape index (κ1) is 16.1. The van der Waals surface area contributed by atoms with Crippen LogP contribution >= 0.6 is 0 Å². The molecule has 0 saturated carbocycles. The Balaban J connectivity index is 1.80. The number of hydrogen-bond donors (Lipinski definition) is 1. The van der Waals surface area contributed by atoms with Crippen molar-refractivity contribution in [1.29, 1.82) is 0 Å². The van der Waals surface area contributed by atoms with E-state index in [9.17, 15) is 10.1 Å². The first-order chi connectivity index (χ1) is 12.1. The number of nitro benzene ring substituents is 1. The molecular formula is C18H14N4O3. The summed E-state index contributed by atoms with van der Waals surface area (Å²) in [5.41, 5.74) is 6.98. The first-order valence-electron chi connectivity index (χ1n) is 7.40. The number of nitrogens with zero attached hydrogens (tertiary/aromatic N) is 3. The topological polar surface area (TPSA) is 107 Å². The fourth-order valence-electron chi connectivity index (χ4n) is 2.22. The number of para-hydroxylation sites is 1. The summed E-state index contributed by atoms with van der Waals surface area (Å²) < 4.78 is 5.58. The van der Waals surface area contributed by atoms with Gasteiger partial charge in [0.25, 0.3) is 5.69 Å². The summed E-state index contributed by atoms with van der Waals surface area (Å²) in [5.74, 6) is 1.08. The van der Waals surface area contributed by atoms with E-state index >= 15 is 0 Å². The second-order valence-corrected chi connectivity index (χ2v) is 5.07. The molecule has 124 valence electrons. The Morgan fingerprint density at radius 3 is 2.52 bits per heavy atom. The molecular weight excluding hydrogens is 320 g/mol. The molecule has 0 saturated heterocycles. The Morgan fingerprint density at radius 2 is 1.76 bits per heavy atom.